The molecule has 0 saturated carbocycles. The molecule has 3 heteroatoms. The molecule has 1 aromatic carbocycles. The molecule has 0 aromatic heterocycles. The maximum Gasteiger partial charge on any atom is 0.150 e. The van der Waals surface area contributed by atoms with Gasteiger partial charge in [-0.05, 0) is 57.1 Å². The number of aldehydes is 1. The molecule has 3 nitrogen and oxygen atoms in total. The molecule has 98 valence electrons. The van der Waals surface area contributed by atoms with Gasteiger partial charge in [-0.25, -0.2) is 0 Å². The first kappa shape index (κ1) is 13.1. The monoisotopic (exact) mass is 246 g/mol. The number of carbonyl (C=O) groups is 1. The third-order valence-electron chi connectivity index (χ3n) is 3.98. The first-order valence-electron chi connectivity index (χ1n) is 6.59. The van der Waals surface area contributed by atoms with Crippen molar-refractivity contribution in [2.45, 2.75) is 25.8 Å². The minimum Gasteiger partial charge on any atom is -0.373 e. The normalized spacial score (nSPS) is 20.1. The quantitative estimate of drug-likeness (QED) is 0.762. The summed E-state index contributed by atoms with van der Waals surface area (Å²) in [4.78, 5) is 15.5. The first-order chi connectivity index (χ1) is 8.61. The van der Waals surface area contributed by atoms with Gasteiger partial charge in [0.1, 0.15) is 6.29 Å². The predicted molar refractivity (Wildman–Crippen MR) is 75.5 cm³/mol. The molecule has 0 aliphatic carbocycles. The van der Waals surface area contributed by atoms with Gasteiger partial charge < -0.3 is 9.80 Å². The highest BCUT2D eigenvalue weighted by molar-refractivity contribution is 5.78. The second-order valence-electron chi connectivity index (χ2n) is 5.32. The van der Waals surface area contributed by atoms with Crippen molar-refractivity contribution in [3.8, 4) is 0 Å². The molecule has 0 N–H and O–H groups in total. The highest BCUT2D eigenvalue weighted by Crippen LogP contribution is 2.21. The molecule has 0 spiro atoms. The average Bonchev–Trinajstić information content (AvgIpc) is 2.75. The van der Waals surface area contributed by atoms with E-state index in [0.717, 1.165) is 24.0 Å². The van der Waals surface area contributed by atoms with E-state index in [2.05, 4.69) is 30.0 Å². The number of anilines is 1. The summed E-state index contributed by atoms with van der Waals surface area (Å²) in [5, 5.41) is 0. The number of rotatable bonds is 4. The second kappa shape index (κ2) is 5.53. The highest BCUT2D eigenvalue weighted by Gasteiger charge is 2.22. The van der Waals surface area contributed by atoms with E-state index in [-0.39, 0.29) is 0 Å². The molecule has 1 heterocycles. The summed E-state index contributed by atoms with van der Waals surface area (Å²) in [5.41, 5.74) is 3.03. The zero-order chi connectivity index (χ0) is 13.1. The van der Waals surface area contributed by atoms with Gasteiger partial charge in [0.05, 0.1) is 0 Å². The van der Waals surface area contributed by atoms with Crippen LogP contribution in [0, 0.1) is 6.92 Å². The molecule has 0 bridgehead atoms. The molecule has 18 heavy (non-hydrogen) atoms. The Balaban J connectivity index is 2.06. The lowest BCUT2D eigenvalue weighted by Crippen LogP contribution is -2.36. The van der Waals surface area contributed by atoms with Gasteiger partial charge in [0, 0.05) is 30.9 Å². The Labute approximate surface area is 109 Å². The molecule has 2 rings (SSSR count). The SMILES string of the molecule is Cc1cc(N(C)CC2CCCN2C)ccc1C=O. The van der Waals surface area contributed by atoms with Crippen molar-refractivity contribution in [3.05, 3.63) is 29.3 Å². The molecule has 1 aromatic rings. The van der Waals surface area contributed by atoms with E-state index in [4.69, 9.17) is 0 Å². The van der Waals surface area contributed by atoms with Crippen LogP contribution in [0.25, 0.3) is 0 Å². The third-order valence-corrected chi connectivity index (χ3v) is 3.98. The Morgan fingerprint density at radius 1 is 1.50 bits per heavy atom. The summed E-state index contributed by atoms with van der Waals surface area (Å²) in [5.74, 6) is 0. The van der Waals surface area contributed by atoms with E-state index in [9.17, 15) is 4.79 Å². The number of benzene rings is 1. The molecule has 1 aliphatic heterocycles. The van der Waals surface area contributed by atoms with E-state index >= 15 is 0 Å². The summed E-state index contributed by atoms with van der Waals surface area (Å²) >= 11 is 0. The van der Waals surface area contributed by atoms with Gasteiger partial charge in [-0.15, -0.1) is 0 Å². The summed E-state index contributed by atoms with van der Waals surface area (Å²) < 4.78 is 0. The molecule has 0 radical (unpaired) electrons. The van der Waals surface area contributed by atoms with Crippen LogP contribution in [0.4, 0.5) is 5.69 Å². The van der Waals surface area contributed by atoms with Crippen LogP contribution in [0.2, 0.25) is 0 Å². The van der Waals surface area contributed by atoms with Crippen LogP contribution < -0.4 is 4.90 Å². The zero-order valence-electron chi connectivity index (χ0n) is 11.5. The fourth-order valence-electron chi connectivity index (χ4n) is 2.66. The summed E-state index contributed by atoms with van der Waals surface area (Å²) in [6, 6.07) is 6.69. The van der Waals surface area contributed by atoms with Crippen LogP contribution in [0.3, 0.4) is 0 Å². The van der Waals surface area contributed by atoms with E-state index in [1.807, 2.05) is 19.1 Å². The van der Waals surface area contributed by atoms with Crippen molar-refractivity contribution >= 4 is 12.0 Å². The summed E-state index contributed by atoms with van der Waals surface area (Å²) in [7, 11) is 4.33. The van der Waals surface area contributed by atoms with Gasteiger partial charge in [0.15, 0.2) is 0 Å². The molecule has 1 atom stereocenters. The van der Waals surface area contributed by atoms with E-state index in [1.165, 1.54) is 25.1 Å². The number of likely N-dealkylation sites (N-methyl/N-ethyl adjacent to an activating group) is 2. The summed E-state index contributed by atoms with van der Waals surface area (Å²) in [6.45, 7) is 4.25. The number of hydrogen-bond donors (Lipinski definition) is 0. The van der Waals surface area contributed by atoms with Crippen molar-refractivity contribution in [2.24, 2.45) is 0 Å². The molecule has 0 amide bonds. The lowest BCUT2D eigenvalue weighted by Gasteiger charge is -2.27. The average molecular weight is 246 g/mol. The Hall–Kier alpha value is -1.35. The van der Waals surface area contributed by atoms with Crippen LogP contribution in [0.1, 0.15) is 28.8 Å². The minimum atomic E-state index is 0.654. The van der Waals surface area contributed by atoms with Crippen molar-refractivity contribution in [3.63, 3.8) is 0 Å². The number of carbonyl (C=O) groups excluding carboxylic acids is 1. The van der Waals surface area contributed by atoms with Gasteiger partial charge in [-0.1, -0.05) is 0 Å². The van der Waals surface area contributed by atoms with Gasteiger partial charge in [-0.2, -0.15) is 0 Å². The van der Waals surface area contributed by atoms with Crippen molar-refractivity contribution in [1.82, 2.24) is 4.90 Å². The van der Waals surface area contributed by atoms with Crippen LogP contribution in [0.5, 0.6) is 0 Å². The fraction of sp³-hybridized carbons (Fsp3) is 0.533. The molecular weight excluding hydrogens is 224 g/mol. The predicted octanol–water partition coefficient (Wildman–Crippen LogP) is 2.34. The van der Waals surface area contributed by atoms with Gasteiger partial charge in [0.25, 0.3) is 0 Å². The van der Waals surface area contributed by atoms with Gasteiger partial charge in [-0.3, -0.25) is 4.79 Å². The Morgan fingerprint density at radius 2 is 2.28 bits per heavy atom. The molecule has 1 saturated heterocycles. The van der Waals surface area contributed by atoms with E-state index in [0.29, 0.717) is 6.04 Å². The standard InChI is InChI=1S/C15H22N2O/c1-12-9-14(7-6-13(12)11-18)17(3)10-15-5-4-8-16(15)2/h6-7,9,11,15H,4-5,8,10H2,1-3H3. The van der Waals surface area contributed by atoms with Gasteiger partial charge in [0.2, 0.25) is 0 Å². The molecule has 1 fully saturated rings. The molecule has 1 aliphatic rings. The van der Waals surface area contributed by atoms with Crippen LogP contribution in [-0.2, 0) is 0 Å². The fourth-order valence-corrected chi connectivity index (χ4v) is 2.66. The van der Waals surface area contributed by atoms with Crippen molar-refractivity contribution < 1.29 is 4.79 Å². The molecular formula is C15H22N2O. The van der Waals surface area contributed by atoms with Crippen molar-refractivity contribution in [1.29, 1.82) is 0 Å². The largest absolute Gasteiger partial charge is 0.373 e. The number of aryl methyl sites for hydroxylation is 1. The lowest BCUT2D eigenvalue weighted by molar-refractivity contribution is 0.112. The lowest BCUT2D eigenvalue weighted by atomic mass is 10.1. The number of likely N-dealkylation sites (tertiary alicyclic amines) is 1. The Kier molecular flexibility index (Phi) is 4.02. The van der Waals surface area contributed by atoms with Crippen LogP contribution >= 0.6 is 0 Å². The van der Waals surface area contributed by atoms with E-state index in [1.54, 1.807) is 0 Å². The minimum absolute atomic E-state index is 0.654. The van der Waals surface area contributed by atoms with E-state index < -0.39 is 0 Å². The Morgan fingerprint density at radius 3 is 2.83 bits per heavy atom. The van der Waals surface area contributed by atoms with Crippen molar-refractivity contribution in [2.75, 3.05) is 32.1 Å². The number of nitrogens with zero attached hydrogens (tertiary/aromatic N) is 2. The Bertz CT molecular complexity index is 431. The van der Waals surface area contributed by atoms with Gasteiger partial charge >= 0.3 is 0 Å². The van der Waals surface area contributed by atoms with Crippen LogP contribution in [0.15, 0.2) is 18.2 Å². The smallest absolute Gasteiger partial charge is 0.150 e. The number of hydrogen-bond acceptors (Lipinski definition) is 3. The third kappa shape index (κ3) is 2.72. The second-order valence-corrected chi connectivity index (χ2v) is 5.32. The zero-order valence-corrected chi connectivity index (χ0v) is 11.5. The topological polar surface area (TPSA) is 23.6 Å². The first-order valence-corrected chi connectivity index (χ1v) is 6.59. The van der Waals surface area contributed by atoms with Crippen LogP contribution in [-0.4, -0.2) is 44.4 Å². The maximum atomic E-state index is 10.8. The molecule has 1 unspecified atom stereocenters. The highest BCUT2D eigenvalue weighted by atomic mass is 16.1. The summed E-state index contributed by atoms with van der Waals surface area (Å²) in [6.07, 6.45) is 3.51. The maximum absolute atomic E-state index is 10.8.